The van der Waals surface area contributed by atoms with Gasteiger partial charge in [0.25, 0.3) is 0 Å². The lowest BCUT2D eigenvalue weighted by atomic mass is 10.1. The number of thioether (sulfide) groups is 1. The first kappa shape index (κ1) is 15.6. The van der Waals surface area contributed by atoms with Gasteiger partial charge in [-0.3, -0.25) is 9.36 Å². The summed E-state index contributed by atoms with van der Waals surface area (Å²) in [7, 11) is 0. The summed E-state index contributed by atoms with van der Waals surface area (Å²) in [4.78, 5) is 11.7. The highest BCUT2D eigenvalue weighted by Crippen LogP contribution is 2.21. The minimum Gasteiger partial charge on any atom is -0.355 e. The third-order valence-corrected chi connectivity index (χ3v) is 4.13. The van der Waals surface area contributed by atoms with Gasteiger partial charge in [0, 0.05) is 12.2 Å². The van der Waals surface area contributed by atoms with Gasteiger partial charge in [-0.1, -0.05) is 24.8 Å². The zero-order valence-electron chi connectivity index (χ0n) is 12.6. The number of hydrogen-bond donors (Lipinski definition) is 1. The van der Waals surface area contributed by atoms with Crippen molar-refractivity contribution in [1.29, 1.82) is 0 Å². The number of rotatable bonds is 6. The van der Waals surface area contributed by atoms with E-state index in [1.54, 1.807) is 6.33 Å². The normalized spacial score (nSPS) is 10.6. The van der Waals surface area contributed by atoms with Crippen LogP contribution in [0.5, 0.6) is 0 Å². The van der Waals surface area contributed by atoms with E-state index in [1.165, 1.54) is 22.9 Å². The predicted molar refractivity (Wildman–Crippen MR) is 84.9 cm³/mol. The number of amides is 1. The molecular formula is C15H20N4OS. The molecule has 0 aliphatic heterocycles. The summed E-state index contributed by atoms with van der Waals surface area (Å²) in [5, 5.41) is 11.6. The van der Waals surface area contributed by atoms with E-state index in [9.17, 15) is 4.79 Å². The van der Waals surface area contributed by atoms with Crippen molar-refractivity contribution in [2.45, 2.75) is 32.3 Å². The van der Waals surface area contributed by atoms with Crippen molar-refractivity contribution in [2.75, 3.05) is 12.3 Å². The second kappa shape index (κ2) is 7.26. The molecule has 0 radical (unpaired) electrons. The number of carbonyl (C=O) groups excluding carboxylic acids is 1. The largest absolute Gasteiger partial charge is 0.355 e. The lowest BCUT2D eigenvalue weighted by Crippen LogP contribution is -2.25. The van der Waals surface area contributed by atoms with Gasteiger partial charge in [0.15, 0.2) is 5.16 Å². The maximum atomic E-state index is 11.7. The summed E-state index contributed by atoms with van der Waals surface area (Å²) in [6.07, 6.45) is 2.62. The molecule has 1 heterocycles. The van der Waals surface area contributed by atoms with E-state index in [0.717, 1.165) is 17.3 Å². The molecule has 1 amide bonds. The molecule has 0 aliphatic carbocycles. The van der Waals surface area contributed by atoms with Crippen LogP contribution in [0.3, 0.4) is 0 Å². The number of aromatic nitrogens is 3. The Kier molecular flexibility index (Phi) is 5.38. The fourth-order valence-electron chi connectivity index (χ4n) is 1.82. The van der Waals surface area contributed by atoms with Crippen molar-refractivity contribution in [2.24, 2.45) is 0 Å². The molecule has 0 unspecified atom stereocenters. The van der Waals surface area contributed by atoms with Gasteiger partial charge in [-0.2, -0.15) is 0 Å². The van der Waals surface area contributed by atoms with Gasteiger partial charge in [0.2, 0.25) is 5.91 Å². The van der Waals surface area contributed by atoms with Gasteiger partial charge in [0.05, 0.1) is 5.75 Å². The molecule has 112 valence electrons. The summed E-state index contributed by atoms with van der Waals surface area (Å²) in [6.45, 7) is 6.90. The molecule has 0 spiro atoms. The first-order valence-corrected chi connectivity index (χ1v) is 7.97. The molecule has 0 saturated heterocycles. The van der Waals surface area contributed by atoms with E-state index >= 15 is 0 Å². The zero-order valence-corrected chi connectivity index (χ0v) is 13.4. The Balaban J connectivity index is 2.08. The van der Waals surface area contributed by atoms with Crippen LogP contribution in [0.2, 0.25) is 0 Å². The first-order chi connectivity index (χ1) is 10.1. The third-order valence-electron chi connectivity index (χ3n) is 3.19. The van der Waals surface area contributed by atoms with Crippen molar-refractivity contribution in [3.8, 4) is 5.69 Å². The molecule has 5 nitrogen and oxygen atoms in total. The van der Waals surface area contributed by atoms with E-state index in [4.69, 9.17) is 0 Å². The molecule has 0 atom stereocenters. The highest BCUT2D eigenvalue weighted by Gasteiger charge is 2.10. The maximum Gasteiger partial charge on any atom is 0.230 e. The van der Waals surface area contributed by atoms with Gasteiger partial charge < -0.3 is 5.32 Å². The minimum absolute atomic E-state index is 0.0245. The lowest BCUT2D eigenvalue weighted by Gasteiger charge is -2.08. The Morgan fingerprint density at radius 3 is 2.86 bits per heavy atom. The molecule has 21 heavy (non-hydrogen) atoms. The van der Waals surface area contributed by atoms with E-state index < -0.39 is 0 Å². The summed E-state index contributed by atoms with van der Waals surface area (Å²) < 4.78 is 1.91. The molecule has 0 aliphatic rings. The van der Waals surface area contributed by atoms with Crippen LogP contribution < -0.4 is 5.32 Å². The number of nitrogens with one attached hydrogen (secondary N) is 1. The van der Waals surface area contributed by atoms with Crippen LogP contribution in [0.1, 0.15) is 24.5 Å². The summed E-state index contributed by atoms with van der Waals surface area (Å²) in [5.41, 5.74) is 3.48. The SMILES string of the molecule is CCCNC(=O)CSc1nncn1-c1ccc(C)c(C)c1. The van der Waals surface area contributed by atoms with Crippen molar-refractivity contribution >= 4 is 17.7 Å². The summed E-state index contributed by atoms with van der Waals surface area (Å²) in [6, 6.07) is 6.21. The van der Waals surface area contributed by atoms with Crippen molar-refractivity contribution in [3.05, 3.63) is 35.7 Å². The Bertz CT molecular complexity index is 624. The van der Waals surface area contributed by atoms with Crippen LogP contribution in [0, 0.1) is 13.8 Å². The van der Waals surface area contributed by atoms with Gasteiger partial charge in [-0.15, -0.1) is 10.2 Å². The van der Waals surface area contributed by atoms with Crippen LogP contribution >= 0.6 is 11.8 Å². The Hall–Kier alpha value is -1.82. The van der Waals surface area contributed by atoms with Gasteiger partial charge in [-0.25, -0.2) is 0 Å². The topological polar surface area (TPSA) is 59.8 Å². The van der Waals surface area contributed by atoms with Gasteiger partial charge in [-0.05, 0) is 43.5 Å². The highest BCUT2D eigenvalue weighted by molar-refractivity contribution is 7.99. The average molecular weight is 304 g/mol. The molecule has 0 fully saturated rings. The summed E-state index contributed by atoms with van der Waals surface area (Å²) in [5.74, 6) is 0.375. The molecular weight excluding hydrogens is 284 g/mol. The number of nitrogens with zero attached hydrogens (tertiary/aromatic N) is 3. The van der Waals surface area contributed by atoms with E-state index in [0.29, 0.717) is 12.3 Å². The quantitative estimate of drug-likeness (QED) is 0.833. The van der Waals surface area contributed by atoms with E-state index in [1.807, 2.05) is 17.6 Å². The Morgan fingerprint density at radius 2 is 2.14 bits per heavy atom. The molecule has 1 aromatic heterocycles. The minimum atomic E-state index is 0.0245. The monoisotopic (exact) mass is 304 g/mol. The number of benzene rings is 1. The molecule has 2 rings (SSSR count). The molecule has 6 heteroatoms. The van der Waals surface area contributed by atoms with Crippen molar-refractivity contribution in [3.63, 3.8) is 0 Å². The number of aryl methyl sites for hydroxylation is 2. The second-order valence-corrected chi connectivity index (χ2v) is 5.83. The van der Waals surface area contributed by atoms with Crippen LogP contribution in [-0.2, 0) is 4.79 Å². The number of hydrogen-bond acceptors (Lipinski definition) is 4. The third kappa shape index (κ3) is 4.07. The standard InChI is InChI=1S/C15H20N4OS/c1-4-7-16-14(20)9-21-15-18-17-10-19(15)13-6-5-11(2)12(3)8-13/h5-6,8,10H,4,7,9H2,1-3H3,(H,16,20). The van der Waals surface area contributed by atoms with Crippen molar-refractivity contribution < 1.29 is 4.79 Å². The zero-order chi connectivity index (χ0) is 15.2. The van der Waals surface area contributed by atoms with Crippen LogP contribution in [0.4, 0.5) is 0 Å². The van der Waals surface area contributed by atoms with Crippen LogP contribution in [-0.4, -0.2) is 33.0 Å². The Labute approximate surface area is 129 Å². The van der Waals surface area contributed by atoms with Crippen molar-refractivity contribution in [1.82, 2.24) is 20.1 Å². The molecule has 0 bridgehead atoms. The molecule has 1 aromatic carbocycles. The smallest absolute Gasteiger partial charge is 0.230 e. The van der Waals surface area contributed by atoms with Crippen LogP contribution in [0.15, 0.2) is 29.7 Å². The Morgan fingerprint density at radius 1 is 1.33 bits per heavy atom. The predicted octanol–water partition coefficient (Wildman–Crippen LogP) is 2.50. The van der Waals surface area contributed by atoms with E-state index in [2.05, 4.69) is 41.5 Å². The second-order valence-electron chi connectivity index (χ2n) is 4.89. The highest BCUT2D eigenvalue weighted by atomic mass is 32.2. The molecule has 2 aromatic rings. The maximum absolute atomic E-state index is 11.7. The van der Waals surface area contributed by atoms with E-state index in [-0.39, 0.29) is 5.91 Å². The fourth-order valence-corrected chi connectivity index (χ4v) is 2.58. The molecule has 1 N–H and O–H groups in total. The lowest BCUT2D eigenvalue weighted by molar-refractivity contribution is -0.118. The van der Waals surface area contributed by atoms with Gasteiger partial charge >= 0.3 is 0 Å². The summed E-state index contributed by atoms with van der Waals surface area (Å²) >= 11 is 1.39. The first-order valence-electron chi connectivity index (χ1n) is 6.99. The fraction of sp³-hybridized carbons (Fsp3) is 0.400. The molecule has 0 saturated carbocycles. The average Bonchev–Trinajstić information content (AvgIpc) is 2.94. The number of carbonyl (C=O) groups is 1. The van der Waals surface area contributed by atoms with Gasteiger partial charge in [0.1, 0.15) is 6.33 Å². The van der Waals surface area contributed by atoms with Crippen LogP contribution in [0.25, 0.3) is 5.69 Å².